The molecule has 1 amide bonds. The number of carbonyl (C=O) groups excluding carboxylic acids is 1. The van der Waals surface area contributed by atoms with E-state index in [9.17, 15) is 19.5 Å². The summed E-state index contributed by atoms with van der Waals surface area (Å²) in [4.78, 5) is 36.1. The van der Waals surface area contributed by atoms with Crippen molar-refractivity contribution in [2.45, 2.75) is 38.1 Å². The van der Waals surface area contributed by atoms with Gasteiger partial charge >= 0.3 is 11.9 Å². The van der Waals surface area contributed by atoms with E-state index >= 15 is 0 Å². The molecular weight excluding hydrogens is 262 g/mol. The van der Waals surface area contributed by atoms with Gasteiger partial charge in [-0.25, -0.2) is 4.79 Å². The molecule has 2 N–H and O–H groups in total. The van der Waals surface area contributed by atoms with Gasteiger partial charge in [-0.1, -0.05) is 12.2 Å². The quantitative estimate of drug-likeness (QED) is 0.756. The van der Waals surface area contributed by atoms with Crippen molar-refractivity contribution in [2.24, 2.45) is 11.8 Å². The fourth-order valence-electron chi connectivity index (χ4n) is 2.93. The van der Waals surface area contributed by atoms with Gasteiger partial charge in [0.25, 0.3) is 0 Å². The van der Waals surface area contributed by atoms with Gasteiger partial charge in [0.15, 0.2) is 0 Å². The standard InChI is InChI=1S/C14H19NO5/c16-12(9-4-2-1-3-5-9)15-8-10(13(17)18)6-7-11(15)14(19)20/h1-2,9-11H,3-8H2,(H,17,18)(H,19,20)/t9-,10+,11-/m0/s1. The zero-order chi connectivity index (χ0) is 14.7. The third kappa shape index (κ3) is 3.00. The Hall–Kier alpha value is -1.85. The lowest BCUT2D eigenvalue weighted by Crippen LogP contribution is -2.53. The third-order valence-electron chi connectivity index (χ3n) is 4.12. The molecule has 20 heavy (non-hydrogen) atoms. The molecule has 3 atom stereocenters. The fraction of sp³-hybridized carbons (Fsp3) is 0.643. The van der Waals surface area contributed by atoms with Crippen LogP contribution < -0.4 is 0 Å². The lowest BCUT2D eigenvalue weighted by atomic mass is 9.88. The number of piperidine rings is 1. The van der Waals surface area contributed by atoms with Crippen LogP contribution in [-0.2, 0) is 14.4 Å². The van der Waals surface area contributed by atoms with Gasteiger partial charge in [-0.2, -0.15) is 0 Å². The number of hydrogen-bond donors (Lipinski definition) is 2. The van der Waals surface area contributed by atoms with Crippen LogP contribution in [0.2, 0.25) is 0 Å². The molecule has 1 aliphatic heterocycles. The number of likely N-dealkylation sites (tertiary alicyclic amines) is 1. The van der Waals surface area contributed by atoms with Crippen LogP contribution in [0, 0.1) is 11.8 Å². The summed E-state index contributed by atoms with van der Waals surface area (Å²) in [6.07, 6.45) is 6.58. The zero-order valence-corrected chi connectivity index (χ0v) is 11.2. The third-order valence-corrected chi connectivity index (χ3v) is 4.12. The summed E-state index contributed by atoms with van der Waals surface area (Å²) in [6, 6.07) is -0.885. The number of nitrogens with zero attached hydrogens (tertiary/aromatic N) is 1. The largest absolute Gasteiger partial charge is 0.481 e. The second kappa shape index (κ2) is 6.07. The smallest absolute Gasteiger partial charge is 0.326 e. The van der Waals surface area contributed by atoms with Crippen molar-refractivity contribution < 1.29 is 24.6 Å². The fourth-order valence-corrected chi connectivity index (χ4v) is 2.93. The first-order chi connectivity index (χ1) is 9.50. The van der Waals surface area contributed by atoms with E-state index in [0.29, 0.717) is 19.3 Å². The number of carboxylic acid groups (broad SMARTS) is 2. The van der Waals surface area contributed by atoms with E-state index in [2.05, 4.69) is 0 Å². The minimum Gasteiger partial charge on any atom is -0.481 e. The summed E-state index contributed by atoms with van der Waals surface area (Å²) < 4.78 is 0. The number of aliphatic carboxylic acids is 2. The molecule has 0 aromatic rings. The Morgan fingerprint density at radius 2 is 1.70 bits per heavy atom. The van der Waals surface area contributed by atoms with Gasteiger partial charge in [0.1, 0.15) is 6.04 Å². The molecular formula is C14H19NO5. The maximum Gasteiger partial charge on any atom is 0.326 e. The van der Waals surface area contributed by atoms with E-state index in [1.165, 1.54) is 4.90 Å². The summed E-state index contributed by atoms with van der Waals surface area (Å²) in [6.45, 7) is 0.00531. The molecule has 6 nitrogen and oxygen atoms in total. The second-order valence-electron chi connectivity index (χ2n) is 5.44. The van der Waals surface area contributed by atoms with E-state index in [-0.39, 0.29) is 24.8 Å². The van der Waals surface area contributed by atoms with Crippen molar-refractivity contribution in [2.75, 3.05) is 6.54 Å². The van der Waals surface area contributed by atoms with E-state index in [4.69, 9.17) is 5.11 Å². The van der Waals surface area contributed by atoms with Crippen molar-refractivity contribution in [1.29, 1.82) is 0 Å². The molecule has 0 saturated carbocycles. The minimum absolute atomic E-state index is 0.00531. The van der Waals surface area contributed by atoms with E-state index in [1.54, 1.807) is 0 Å². The predicted octanol–water partition coefficient (Wildman–Crippen LogP) is 1.12. The van der Waals surface area contributed by atoms with Crippen LogP contribution in [0.25, 0.3) is 0 Å². The first kappa shape index (κ1) is 14.6. The minimum atomic E-state index is -1.05. The van der Waals surface area contributed by atoms with Crippen LogP contribution in [0.15, 0.2) is 12.2 Å². The molecule has 0 aromatic heterocycles. The zero-order valence-electron chi connectivity index (χ0n) is 11.2. The number of amides is 1. The summed E-state index contributed by atoms with van der Waals surface area (Å²) in [7, 11) is 0. The van der Waals surface area contributed by atoms with Gasteiger partial charge in [-0.3, -0.25) is 9.59 Å². The van der Waals surface area contributed by atoms with E-state index < -0.39 is 23.9 Å². The molecule has 0 unspecified atom stereocenters. The highest BCUT2D eigenvalue weighted by Crippen LogP contribution is 2.28. The molecule has 1 heterocycles. The molecule has 6 heteroatoms. The normalized spacial score (nSPS) is 30.0. The predicted molar refractivity (Wildman–Crippen MR) is 70.0 cm³/mol. The number of rotatable bonds is 3. The van der Waals surface area contributed by atoms with Gasteiger partial charge in [0.05, 0.1) is 5.92 Å². The van der Waals surface area contributed by atoms with Crippen molar-refractivity contribution in [3.8, 4) is 0 Å². The average molecular weight is 281 g/mol. The SMILES string of the molecule is O=C(O)[C@@H]1CC[C@@H](C(=O)O)N(C(=O)[C@H]2CC=CCC2)C1. The van der Waals surface area contributed by atoms with Gasteiger partial charge in [-0.05, 0) is 32.1 Å². The topological polar surface area (TPSA) is 94.9 Å². The highest BCUT2D eigenvalue weighted by molar-refractivity contribution is 5.86. The molecule has 1 aliphatic carbocycles. The van der Waals surface area contributed by atoms with Crippen molar-refractivity contribution in [3.63, 3.8) is 0 Å². The van der Waals surface area contributed by atoms with Gasteiger partial charge in [-0.15, -0.1) is 0 Å². The number of carboxylic acids is 2. The van der Waals surface area contributed by atoms with E-state index in [1.807, 2.05) is 12.2 Å². The Kier molecular flexibility index (Phi) is 4.42. The Morgan fingerprint density at radius 1 is 0.950 bits per heavy atom. The first-order valence-corrected chi connectivity index (χ1v) is 6.91. The van der Waals surface area contributed by atoms with Crippen LogP contribution in [0.1, 0.15) is 32.1 Å². The lowest BCUT2D eigenvalue weighted by Gasteiger charge is -2.38. The molecule has 2 rings (SSSR count). The van der Waals surface area contributed by atoms with Gasteiger partial charge in [0.2, 0.25) is 5.91 Å². The first-order valence-electron chi connectivity index (χ1n) is 6.91. The summed E-state index contributed by atoms with van der Waals surface area (Å²) in [5.41, 5.74) is 0. The second-order valence-corrected chi connectivity index (χ2v) is 5.44. The van der Waals surface area contributed by atoms with Crippen LogP contribution in [0.5, 0.6) is 0 Å². The maximum atomic E-state index is 12.5. The van der Waals surface area contributed by atoms with Crippen molar-refractivity contribution >= 4 is 17.8 Å². The Labute approximate surface area is 117 Å². The Bertz CT molecular complexity index is 445. The van der Waals surface area contributed by atoms with Crippen LogP contribution in [0.3, 0.4) is 0 Å². The monoisotopic (exact) mass is 281 g/mol. The maximum absolute atomic E-state index is 12.5. The number of hydrogen-bond acceptors (Lipinski definition) is 3. The average Bonchev–Trinajstić information content (AvgIpc) is 2.46. The van der Waals surface area contributed by atoms with Crippen LogP contribution in [0.4, 0.5) is 0 Å². The highest BCUT2D eigenvalue weighted by Gasteiger charge is 2.40. The van der Waals surface area contributed by atoms with Crippen molar-refractivity contribution in [3.05, 3.63) is 12.2 Å². The summed E-state index contributed by atoms with van der Waals surface area (Å²) >= 11 is 0. The molecule has 0 bridgehead atoms. The van der Waals surface area contributed by atoms with Crippen molar-refractivity contribution in [1.82, 2.24) is 4.90 Å². The molecule has 0 aromatic carbocycles. The molecule has 0 spiro atoms. The van der Waals surface area contributed by atoms with Gasteiger partial charge < -0.3 is 15.1 Å². The Balaban J connectivity index is 2.13. The molecule has 1 fully saturated rings. The Morgan fingerprint density at radius 3 is 2.25 bits per heavy atom. The number of carbonyl (C=O) groups is 3. The molecule has 0 radical (unpaired) electrons. The van der Waals surface area contributed by atoms with Crippen LogP contribution in [-0.4, -0.2) is 45.5 Å². The van der Waals surface area contributed by atoms with E-state index in [0.717, 1.165) is 6.42 Å². The summed E-state index contributed by atoms with van der Waals surface area (Å²) in [5.74, 6) is -3.10. The molecule has 110 valence electrons. The number of allylic oxidation sites excluding steroid dienone is 2. The summed E-state index contributed by atoms with van der Waals surface area (Å²) in [5, 5.41) is 18.3. The van der Waals surface area contributed by atoms with Gasteiger partial charge in [0, 0.05) is 12.5 Å². The molecule has 2 aliphatic rings. The molecule has 1 saturated heterocycles. The highest BCUT2D eigenvalue weighted by atomic mass is 16.4. The van der Waals surface area contributed by atoms with Crippen LogP contribution >= 0.6 is 0 Å². The lowest BCUT2D eigenvalue weighted by molar-refractivity contribution is -0.159.